The van der Waals surface area contributed by atoms with Gasteiger partial charge in [-0.15, -0.1) is 0 Å². The van der Waals surface area contributed by atoms with E-state index in [1.807, 2.05) is 54.9 Å². The molecule has 3 aromatic rings. The van der Waals surface area contributed by atoms with Crippen LogP contribution in [0.2, 0.25) is 0 Å². The average molecular weight is 276 g/mol. The molecule has 4 rings (SSSR count). The van der Waals surface area contributed by atoms with Crippen molar-refractivity contribution in [2.45, 2.75) is 0 Å². The molecule has 0 amide bonds. The van der Waals surface area contributed by atoms with Crippen molar-refractivity contribution in [3.05, 3.63) is 66.4 Å². The van der Waals surface area contributed by atoms with E-state index in [2.05, 4.69) is 16.7 Å². The Bertz CT molecular complexity index is 845. The van der Waals surface area contributed by atoms with E-state index in [0.29, 0.717) is 0 Å². The Balaban J connectivity index is 1.85. The highest BCUT2D eigenvalue weighted by Crippen LogP contribution is 2.30. The van der Waals surface area contributed by atoms with Crippen molar-refractivity contribution in [3.63, 3.8) is 0 Å². The van der Waals surface area contributed by atoms with Crippen LogP contribution in [0.15, 0.2) is 60.8 Å². The number of benzene rings is 2. The van der Waals surface area contributed by atoms with Crippen LogP contribution in [-0.4, -0.2) is 7.11 Å². The molecule has 0 N–H and O–H groups in total. The SMILES string of the molecule is COc1ccc(C2=C[n+]3cccc4cccc(c43)O2)cc1. The summed E-state index contributed by atoms with van der Waals surface area (Å²) in [5, 5.41) is 1.17. The minimum Gasteiger partial charge on any atom is -0.497 e. The smallest absolute Gasteiger partial charge is 0.260 e. The first-order valence-electron chi connectivity index (χ1n) is 6.82. The first-order valence-corrected chi connectivity index (χ1v) is 6.82. The number of pyridine rings is 1. The van der Waals surface area contributed by atoms with Gasteiger partial charge in [0.05, 0.1) is 12.5 Å². The fourth-order valence-corrected chi connectivity index (χ4v) is 2.61. The molecule has 3 heteroatoms. The van der Waals surface area contributed by atoms with Crippen molar-refractivity contribution in [3.8, 4) is 11.5 Å². The van der Waals surface area contributed by atoms with E-state index in [0.717, 1.165) is 28.3 Å². The molecule has 102 valence electrons. The number of hydrogen-bond donors (Lipinski definition) is 0. The molecule has 0 atom stereocenters. The van der Waals surface area contributed by atoms with E-state index in [4.69, 9.17) is 9.47 Å². The molecule has 0 radical (unpaired) electrons. The second-order valence-corrected chi connectivity index (χ2v) is 4.93. The van der Waals surface area contributed by atoms with E-state index in [-0.39, 0.29) is 0 Å². The predicted molar refractivity (Wildman–Crippen MR) is 81.9 cm³/mol. The van der Waals surface area contributed by atoms with Gasteiger partial charge in [0, 0.05) is 11.6 Å². The molecule has 0 aliphatic carbocycles. The molecular formula is C18H14NO2+. The third-order valence-corrected chi connectivity index (χ3v) is 3.66. The van der Waals surface area contributed by atoms with E-state index in [9.17, 15) is 0 Å². The molecule has 0 spiro atoms. The highest BCUT2D eigenvalue weighted by Gasteiger charge is 2.22. The monoisotopic (exact) mass is 276 g/mol. The van der Waals surface area contributed by atoms with Gasteiger partial charge in [-0.05, 0) is 42.5 Å². The Morgan fingerprint density at radius 2 is 1.76 bits per heavy atom. The van der Waals surface area contributed by atoms with Gasteiger partial charge >= 0.3 is 0 Å². The fourth-order valence-electron chi connectivity index (χ4n) is 2.61. The van der Waals surface area contributed by atoms with Gasteiger partial charge in [-0.3, -0.25) is 0 Å². The first-order chi connectivity index (χ1) is 10.3. The van der Waals surface area contributed by atoms with Crippen LogP contribution in [0.4, 0.5) is 0 Å². The summed E-state index contributed by atoms with van der Waals surface area (Å²) in [7, 11) is 1.66. The van der Waals surface area contributed by atoms with E-state index in [1.54, 1.807) is 7.11 Å². The number of ether oxygens (including phenoxy) is 2. The van der Waals surface area contributed by atoms with Gasteiger partial charge in [0.2, 0.25) is 6.20 Å². The Kier molecular flexibility index (Phi) is 2.64. The van der Waals surface area contributed by atoms with E-state index in [1.165, 1.54) is 5.39 Å². The second kappa shape index (κ2) is 4.63. The third kappa shape index (κ3) is 1.94. The molecule has 0 saturated carbocycles. The van der Waals surface area contributed by atoms with Crippen LogP contribution in [0, 0.1) is 0 Å². The van der Waals surface area contributed by atoms with Gasteiger partial charge in [-0.2, -0.15) is 4.57 Å². The fraction of sp³-hybridized carbons (Fsp3) is 0.0556. The van der Waals surface area contributed by atoms with Crippen LogP contribution in [0.25, 0.3) is 22.9 Å². The van der Waals surface area contributed by atoms with Crippen LogP contribution >= 0.6 is 0 Å². The van der Waals surface area contributed by atoms with Crippen molar-refractivity contribution in [1.29, 1.82) is 0 Å². The predicted octanol–water partition coefficient (Wildman–Crippen LogP) is 3.48. The molecule has 0 unspecified atom stereocenters. The lowest BCUT2D eigenvalue weighted by Crippen LogP contribution is -2.30. The summed E-state index contributed by atoms with van der Waals surface area (Å²) >= 11 is 0. The molecule has 1 aliphatic heterocycles. The summed E-state index contributed by atoms with van der Waals surface area (Å²) in [5.74, 6) is 2.54. The minimum absolute atomic E-state index is 0.828. The summed E-state index contributed by atoms with van der Waals surface area (Å²) in [6.45, 7) is 0. The van der Waals surface area contributed by atoms with E-state index < -0.39 is 0 Å². The van der Waals surface area contributed by atoms with Gasteiger partial charge in [-0.1, -0.05) is 6.07 Å². The second-order valence-electron chi connectivity index (χ2n) is 4.93. The average Bonchev–Trinajstić information content (AvgIpc) is 2.55. The zero-order valence-electron chi connectivity index (χ0n) is 11.6. The number of para-hydroxylation sites is 1. The van der Waals surface area contributed by atoms with Crippen LogP contribution in [0.1, 0.15) is 5.56 Å². The maximum absolute atomic E-state index is 6.06. The van der Waals surface area contributed by atoms with Crippen molar-refractivity contribution >= 4 is 22.9 Å². The number of methoxy groups -OCH3 is 1. The van der Waals surface area contributed by atoms with Crippen LogP contribution < -0.4 is 14.0 Å². The Morgan fingerprint density at radius 1 is 0.952 bits per heavy atom. The normalized spacial score (nSPS) is 12.7. The van der Waals surface area contributed by atoms with Gasteiger partial charge in [-0.25, -0.2) is 0 Å². The summed E-state index contributed by atoms with van der Waals surface area (Å²) in [6, 6.07) is 18.1. The molecule has 3 nitrogen and oxygen atoms in total. The Hall–Kier alpha value is -2.81. The molecule has 2 heterocycles. The van der Waals surface area contributed by atoms with Gasteiger partial charge < -0.3 is 9.47 Å². The molecule has 1 aliphatic rings. The Labute approximate surface area is 122 Å². The lowest BCUT2D eigenvalue weighted by atomic mass is 10.1. The van der Waals surface area contributed by atoms with Crippen LogP contribution in [-0.2, 0) is 0 Å². The first kappa shape index (κ1) is 12.0. The summed E-state index contributed by atoms with van der Waals surface area (Å²) in [6.07, 6.45) is 4.05. The van der Waals surface area contributed by atoms with Gasteiger partial charge in [0.25, 0.3) is 5.52 Å². The highest BCUT2D eigenvalue weighted by atomic mass is 16.5. The summed E-state index contributed by atoms with van der Waals surface area (Å²) in [4.78, 5) is 0. The van der Waals surface area contributed by atoms with Crippen molar-refractivity contribution in [2.24, 2.45) is 0 Å². The maximum atomic E-state index is 6.06. The Morgan fingerprint density at radius 3 is 2.57 bits per heavy atom. The minimum atomic E-state index is 0.828. The summed E-state index contributed by atoms with van der Waals surface area (Å²) < 4.78 is 13.4. The highest BCUT2D eigenvalue weighted by molar-refractivity contribution is 5.86. The molecular weight excluding hydrogens is 262 g/mol. The van der Waals surface area contributed by atoms with Gasteiger partial charge in [0.15, 0.2) is 17.7 Å². The quantitative estimate of drug-likeness (QED) is 0.669. The number of nitrogens with zero attached hydrogens (tertiary/aromatic N) is 1. The zero-order valence-corrected chi connectivity index (χ0v) is 11.6. The van der Waals surface area contributed by atoms with Gasteiger partial charge in [0.1, 0.15) is 5.75 Å². The standard InChI is InChI=1S/C18H14NO2/c1-20-15-9-7-13(8-10-15)17-12-19-11-3-5-14-4-2-6-16(21-17)18(14)19/h2-12H,1H3/q+1. The maximum Gasteiger partial charge on any atom is 0.260 e. The molecule has 1 aromatic heterocycles. The zero-order chi connectivity index (χ0) is 14.2. The molecule has 0 saturated heterocycles. The molecule has 0 fully saturated rings. The van der Waals surface area contributed by atoms with Crippen LogP contribution in [0.3, 0.4) is 0 Å². The lowest BCUT2D eigenvalue weighted by Gasteiger charge is -2.14. The number of rotatable bonds is 2. The van der Waals surface area contributed by atoms with E-state index >= 15 is 0 Å². The number of aromatic nitrogens is 1. The molecule has 21 heavy (non-hydrogen) atoms. The lowest BCUT2D eigenvalue weighted by molar-refractivity contribution is -0.540. The van der Waals surface area contributed by atoms with Crippen molar-refractivity contribution < 1.29 is 14.0 Å². The number of hydrogen-bond acceptors (Lipinski definition) is 2. The topological polar surface area (TPSA) is 22.3 Å². The third-order valence-electron chi connectivity index (χ3n) is 3.66. The summed E-state index contributed by atoms with van der Waals surface area (Å²) in [5.41, 5.74) is 2.12. The van der Waals surface area contributed by atoms with Crippen LogP contribution in [0.5, 0.6) is 11.5 Å². The van der Waals surface area contributed by atoms with Crippen molar-refractivity contribution in [1.82, 2.24) is 0 Å². The molecule has 2 aromatic carbocycles. The van der Waals surface area contributed by atoms with Crippen molar-refractivity contribution in [2.75, 3.05) is 7.11 Å². The largest absolute Gasteiger partial charge is 0.497 e. The molecule has 0 bridgehead atoms.